The van der Waals surface area contributed by atoms with Crippen molar-refractivity contribution in [2.45, 2.75) is 39.7 Å². The standard InChI is InChI=1S/C22H23NO4/c1-14-9-10-15(2)19(12-14)21(25)16(3)27-22(26)17-6-4-7-18(13-17)23-11-5-8-20(23)24/h4,6-7,9-10,12-13,16H,5,8,11H2,1-3H3/t16-/m0/s1. The van der Waals surface area contributed by atoms with Gasteiger partial charge in [0.05, 0.1) is 5.56 Å². The summed E-state index contributed by atoms with van der Waals surface area (Å²) in [5, 5.41) is 0. The van der Waals surface area contributed by atoms with Gasteiger partial charge in [0.15, 0.2) is 6.10 Å². The van der Waals surface area contributed by atoms with Crippen molar-refractivity contribution < 1.29 is 19.1 Å². The SMILES string of the molecule is Cc1ccc(C)c(C(=O)[C@H](C)OC(=O)c2cccc(N3CCCC3=O)c2)c1. The molecule has 3 rings (SSSR count). The first-order valence-electron chi connectivity index (χ1n) is 9.09. The van der Waals surface area contributed by atoms with E-state index >= 15 is 0 Å². The maximum Gasteiger partial charge on any atom is 0.338 e. The first-order chi connectivity index (χ1) is 12.9. The van der Waals surface area contributed by atoms with Gasteiger partial charge in [0, 0.05) is 24.2 Å². The zero-order chi connectivity index (χ0) is 19.6. The molecule has 0 bridgehead atoms. The normalized spacial score (nSPS) is 14.9. The second-order valence-corrected chi connectivity index (χ2v) is 6.93. The Labute approximate surface area is 158 Å². The molecule has 0 N–H and O–H groups in total. The summed E-state index contributed by atoms with van der Waals surface area (Å²) in [6.07, 6.45) is 0.445. The molecular weight excluding hydrogens is 342 g/mol. The van der Waals surface area contributed by atoms with Gasteiger partial charge >= 0.3 is 5.97 Å². The Morgan fingerprint density at radius 1 is 1.11 bits per heavy atom. The molecule has 1 fully saturated rings. The Bertz CT molecular complexity index is 903. The Kier molecular flexibility index (Phi) is 5.40. The predicted octanol–water partition coefficient (Wildman–Crippen LogP) is 3.86. The molecule has 0 unspecified atom stereocenters. The molecule has 2 aromatic carbocycles. The van der Waals surface area contributed by atoms with E-state index in [0.29, 0.717) is 29.8 Å². The van der Waals surface area contributed by atoms with Gasteiger partial charge in [0.1, 0.15) is 0 Å². The summed E-state index contributed by atoms with van der Waals surface area (Å²) >= 11 is 0. The van der Waals surface area contributed by atoms with Crippen LogP contribution in [0.2, 0.25) is 0 Å². The van der Waals surface area contributed by atoms with E-state index in [-0.39, 0.29) is 11.7 Å². The number of hydrogen-bond acceptors (Lipinski definition) is 4. The number of carbonyl (C=O) groups excluding carboxylic acids is 3. The number of nitrogens with zero attached hydrogens (tertiary/aromatic N) is 1. The van der Waals surface area contributed by atoms with E-state index in [1.165, 1.54) is 0 Å². The topological polar surface area (TPSA) is 63.7 Å². The van der Waals surface area contributed by atoms with Crippen molar-refractivity contribution in [3.8, 4) is 0 Å². The fourth-order valence-corrected chi connectivity index (χ4v) is 3.22. The number of carbonyl (C=O) groups is 3. The monoisotopic (exact) mass is 365 g/mol. The average molecular weight is 365 g/mol. The van der Waals surface area contributed by atoms with Crippen molar-refractivity contribution in [2.24, 2.45) is 0 Å². The van der Waals surface area contributed by atoms with Gasteiger partial charge in [-0.2, -0.15) is 0 Å². The third kappa shape index (κ3) is 4.08. The highest BCUT2D eigenvalue weighted by molar-refractivity contribution is 6.03. The molecule has 0 radical (unpaired) electrons. The highest BCUT2D eigenvalue weighted by Crippen LogP contribution is 2.23. The van der Waals surface area contributed by atoms with Crippen molar-refractivity contribution in [1.82, 2.24) is 0 Å². The van der Waals surface area contributed by atoms with Gasteiger partial charge in [-0.05, 0) is 57.0 Å². The highest BCUT2D eigenvalue weighted by Gasteiger charge is 2.24. The summed E-state index contributed by atoms with van der Waals surface area (Å²) in [5.41, 5.74) is 3.40. The smallest absolute Gasteiger partial charge is 0.338 e. The molecule has 5 heteroatoms. The molecule has 0 aliphatic carbocycles. The Balaban J connectivity index is 1.74. The Morgan fingerprint density at radius 2 is 1.89 bits per heavy atom. The zero-order valence-electron chi connectivity index (χ0n) is 15.8. The van der Waals surface area contributed by atoms with Crippen molar-refractivity contribution >= 4 is 23.3 Å². The second-order valence-electron chi connectivity index (χ2n) is 6.93. The molecule has 0 saturated carbocycles. The summed E-state index contributed by atoms with van der Waals surface area (Å²) in [7, 11) is 0. The van der Waals surface area contributed by atoms with E-state index < -0.39 is 12.1 Å². The van der Waals surface area contributed by atoms with Crippen LogP contribution >= 0.6 is 0 Å². The lowest BCUT2D eigenvalue weighted by molar-refractivity contribution is -0.117. The molecule has 1 saturated heterocycles. The molecule has 1 heterocycles. The summed E-state index contributed by atoms with van der Waals surface area (Å²) in [6, 6.07) is 12.4. The fourth-order valence-electron chi connectivity index (χ4n) is 3.22. The minimum atomic E-state index is -0.893. The lowest BCUT2D eigenvalue weighted by Gasteiger charge is -2.17. The van der Waals surface area contributed by atoms with Crippen LogP contribution in [-0.2, 0) is 9.53 Å². The number of benzene rings is 2. The predicted molar refractivity (Wildman–Crippen MR) is 103 cm³/mol. The summed E-state index contributed by atoms with van der Waals surface area (Å²) < 4.78 is 5.40. The first-order valence-corrected chi connectivity index (χ1v) is 9.09. The lowest BCUT2D eigenvalue weighted by Crippen LogP contribution is -2.26. The zero-order valence-corrected chi connectivity index (χ0v) is 15.8. The first kappa shape index (κ1) is 18.8. The van der Waals surface area contributed by atoms with Crippen molar-refractivity contribution in [1.29, 1.82) is 0 Å². The molecule has 1 amide bonds. The molecule has 0 spiro atoms. The van der Waals surface area contributed by atoms with E-state index in [0.717, 1.165) is 17.5 Å². The fraction of sp³-hybridized carbons (Fsp3) is 0.318. The molecule has 140 valence electrons. The van der Waals surface area contributed by atoms with Crippen LogP contribution in [0.4, 0.5) is 5.69 Å². The Hall–Kier alpha value is -2.95. The van der Waals surface area contributed by atoms with Gasteiger partial charge < -0.3 is 9.64 Å². The number of ketones is 1. The molecule has 5 nitrogen and oxygen atoms in total. The van der Waals surface area contributed by atoms with Gasteiger partial charge in [0.2, 0.25) is 11.7 Å². The quantitative estimate of drug-likeness (QED) is 0.596. The maximum atomic E-state index is 12.7. The molecule has 2 aromatic rings. The Morgan fingerprint density at radius 3 is 2.59 bits per heavy atom. The van der Waals surface area contributed by atoms with E-state index in [4.69, 9.17) is 4.74 Å². The van der Waals surface area contributed by atoms with E-state index in [1.54, 1.807) is 36.1 Å². The van der Waals surface area contributed by atoms with Crippen LogP contribution < -0.4 is 4.90 Å². The molecule has 1 aliphatic rings. The number of rotatable bonds is 5. The number of anilines is 1. The van der Waals surface area contributed by atoms with Gasteiger partial charge in [-0.15, -0.1) is 0 Å². The third-order valence-electron chi connectivity index (χ3n) is 4.78. The van der Waals surface area contributed by atoms with Crippen LogP contribution in [0.5, 0.6) is 0 Å². The van der Waals surface area contributed by atoms with Crippen LogP contribution in [0.3, 0.4) is 0 Å². The van der Waals surface area contributed by atoms with Gasteiger partial charge in [-0.1, -0.05) is 23.8 Å². The van der Waals surface area contributed by atoms with Crippen molar-refractivity contribution in [2.75, 3.05) is 11.4 Å². The molecule has 0 aromatic heterocycles. The van der Waals surface area contributed by atoms with E-state index in [9.17, 15) is 14.4 Å². The third-order valence-corrected chi connectivity index (χ3v) is 4.78. The van der Waals surface area contributed by atoms with Crippen LogP contribution in [0, 0.1) is 13.8 Å². The summed E-state index contributed by atoms with van der Waals surface area (Å²) in [4.78, 5) is 38.8. The summed E-state index contributed by atoms with van der Waals surface area (Å²) in [6.45, 7) is 6.00. The number of esters is 1. The molecule has 1 aliphatic heterocycles. The van der Waals surface area contributed by atoms with Crippen LogP contribution in [0.1, 0.15) is 51.6 Å². The van der Waals surface area contributed by atoms with E-state index in [2.05, 4.69) is 0 Å². The highest BCUT2D eigenvalue weighted by atomic mass is 16.5. The minimum absolute atomic E-state index is 0.0546. The van der Waals surface area contributed by atoms with E-state index in [1.807, 2.05) is 32.0 Å². The van der Waals surface area contributed by atoms with Crippen LogP contribution in [0.25, 0.3) is 0 Å². The maximum absolute atomic E-state index is 12.7. The number of amides is 1. The molecule has 27 heavy (non-hydrogen) atoms. The lowest BCUT2D eigenvalue weighted by atomic mass is 9.99. The van der Waals surface area contributed by atoms with Crippen LogP contribution in [0.15, 0.2) is 42.5 Å². The number of ether oxygens (including phenoxy) is 1. The molecule has 1 atom stereocenters. The molecular formula is C22H23NO4. The van der Waals surface area contributed by atoms with Gasteiger partial charge in [0.25, 0.3) is 0 Å². The largest absolute Gasteiger partial charge is 0.451 e. The number of Topliss-reactive ketones (excluding diaryl/α,β-unsaturated/α-hetero) is 1. The number of hydrogen-bond donors (Lipinski definition) is 0. The van der Waals surface area contributed by atoms with Crippen LogP contribution in [-0.4, -0.2) is 30.3 Å². The minimum Gasteiger partial charge on any atom is -0.451 e. The van der Waals surface area contributed by atoms with Gasteiger partial charge in [-0.3, -0.25) is 9.59 Å². The second kappa shape index (κ2) is 7.74. The average Bonchev–Trinajstić information content (AvgIpc) is 3.09. The van der Waals surface area contributed by atoms with Crippen molar-refractivity contribution in [3.05, 3.63) is 64.7 Å². The van der Waals surface area contributed by atoms with Gasteiger partial charge in [-0.25, -0.2) is 4.79 Å². The van der Waals surface area contributed by atoms with Crippen molar-refractivity contribution in [3.63, 3.8) is 0 Å². The number of aryl methyl sites for hydroxylation is 2. The summed E-state index contributed by atoms with van der Waals surface area (Å²) in [5.74, 6) is -0.746.